The van der Waals surface area contributed by atoms with E-state index in [1.165, 1.54) is 5.56 Å². The number of hydrogen-bond acceptors (Lipinski definition) is 2. The summed E-state index contributed by atoms with van der Waals surface area (Å²) in [5, 5.41) is 0. The molecule has 20 heavy (non-hydrogen) atoms. The van der Waals surface area contributed by atoms with E-state index in [1.807, 2.05) is 24.0 Å². The summed E-state index contributed by atoms with van der Waals surface area (Å²) in [5.74, 6) is 0.862. The average molecular weight is 275 g/mol. The van der Waals surface area contributed by atoms with Crippen LogP contribution < -0.4 is 4.74 Å². The van der Waals surface area contributed by atoms with E-state index in [4.69, 9.17) is 4.74 Å². The zero-order valence-corrected chi connectivity index (χ0v) is 13.0. The second kappa shape index (κ2) is 5.86. The highest BCUT2D eigenvalue weighted by molar-refractivity contribution is 5.81. The molecule has 110 valence electrons. The van der Waals surface area contributed by atoms with Crippen molar-refractivity contribution in [2.45, 2.75) is 52.1 Å². The van der Waals surface area contributed by atoms with Crippen LogP contribution in [0.5, 0.6) is 5.75 Å². The summed E-state index contributed by atoms with van der Waals surface area (Å²) in [6, 6.07) is 8.05. The first-order valence-electron chi connectivity index (χ1n) is 7.44. The van der Waals surface area contributed by atoms with E-state index in [0.29, 0.717) is 0 Å². The molecule has 1 amide bonds. The van der Waals surface area contributed by atoms with Gasteiger partial charge in [0.1, 0.15) is 5.75 Å². The van der Waals surface area contributed by atoms with Gasteiger partial charge in [0, 0.05) is 13.1 Å². The van der Waals surface area contributed by atoms with Crippen molar-refractivity contribution in [2.24, 2.45) is 0 Å². The molecule has 3 heteroatoms. The largest absolute Gasteiger partial charge is 0.481 e. The van der Waals surface area contributed by atoms with E-state index in [2.05, 4.69) is 32.9 Å². The third-order valence-corrected chi connectivity index (χ3v) is 3.80. The maximum Gasteiger partial charge on any atom is 0.263 e. The molecule has 1 aromatic carbocycles. The van der Waals surface area contributed by atoms with Gasteiger partial charge in [-0.15, -0.1) is 0 Å². The minimum Gasteiger partial charge on any atom is -0.481 e. The van der Waals surface area contributed by atoms with Gasteiger partial charge in [0.25, 0.3) is 5.91 Å². The van der Waals surface area contributed by atoms with Crippen LogP contribution >= 0.6 is 0 Å². The Hall–Kier alpha value is -1.51. The molecule has 1 aliphatic heterocycles. The van der Waals surface area contributed by atoms with Crippen molar-refractivity contribution in [3.63, 3.8) is 0 Å². The number of benzene rings is 1. The number of amides is 1. The van der Waals surface area contributed by atoms with E-state index in [0.717, 1.165) is 31.7 Å². The van der Waals surface area contributed by atoms with Crippen LogP contribution in [0.15, 0.2) is 24.3 Å². The predicted octanol–water partition coefficient (Wildman–Crippen LogP) is 3.37. The SMILES string of the molecule is CC(Oc1ccc(C(C)(C)C)cc1)C(=O)N1CCCC1. The average Bonchev–Trinajstić information content (AvgIpc) is 2.91. The van der Waals surface area contributed by atoms with Gasteiger partial charge in [0.05, 0.1) is 0 Å². The summed E-state index contributed by atoms with van der Waals surface area (Å²) in [6.07, 6.45) is 1.81. The number of nitrogens with zero attached hydrogens (tertiary/aromatic N) is 1. The molecule has 0 radical (unpaired) electrons. The lowest BCUT2D eigenvalue weighted by molar-refractivity contribution is -0.136. The fourth-order valence-electron chi connectivity index (χ4n) is 2.48. The number of rotatable bonds is 3. The van der Waals surface area contributed by atoms with E-state index in [1.54, 1.807) is 0 Å². The molecule has 1 heterocycles. The molecule has 0 bridgehead atoms. The van der Waals surface area contributed by atoms with Crippen LogP contribution in [0, 0.1) is 0 Å². The molecule has 1 saturated heterocycles. The van der Waals surface area contributed by atoms with Gasteiger partial charge < -0.3 is 9.64 Å². The van der Waals surface area contributed by atoms with Gasteiger partial charge in [-0.25, -0.2) is 0 Å². The lowest BCUT2D eigenvalue weighted by atomic mass is 9.87. The van der Waals surface area contributed by atoms with Gasteiger partial charge in [0.15, 0.2) is 6.10 Å². The van der Waals surface area contributed by atoms with Crippen LogP contribution in [0.1, 0.15) is 46.1 Å². The molecular weight excluding hydrogens is 250 g/mol. The Bertz CT molecular complexity index is 453. The number of likely N-dealkylation sites (tertiary alicyclic amines) is 1. The van der Waals surface area contributed by atoms with E-state index in [-0.39, 0.29) is 11.3 Å². The predicted molar refractivity (Wildman–Crippen MR) is 81.0 cm³/mol. The molecule has 0 aromatic heterocycles. The molecule has 0 spiro atoms. The molecule has 1 aliphatic rings. The second-order valence-corrected chi connectivity index (χ2v) is 6.57. The molecular formula is C17H25NO2. The monoisotopic (exact) mass is 275 g/mol. The van der Waals surface area contributed by atoms with Gasteiger partial charge in [-0.3, -0.25) is 4.79 Å². The Labute approximate surface area is 121 Å². The van der Waals surface area contributed by atoms with Crippen molar-refractivity contribution in [3.05, 3.63) is 29.8 Å². The first-order valence-corrected chi connectivity index (χ1v) is 7.44. The van der Waals surface area contributed by atoms with Gasteiger partial charge in [-0.2, -0.15) is 0 Å². The van der Waals surface area contributed by atoms with Crippen LogP contribution in [-0.2, 0) is 10.2 Å². The zero-order chi connectivity index (χ0) is 14.8. The van der Waals surface area contributed by atoms with Crippen LogP contribution in [0.3, 0.4) is 0 Å². The molecule has 0 aliphatic carbocycles. The number of ether oxygens (including phenoxy) is 1. The van der Waals surface area contributed by atoms with E-state index in [9.17, 15) is 4.79 Å². The minimum atomic E-state index is -0.409. The lowest BCUT2D eigenvalue weighted by Gasteiger charge is -2.22. The summed E-state index contributed by atoms with van der Waals surface area (Å²) in [5.41, 5.74) is 1.40. The van der Waals surface area contributed by atoms with Crippen molar-refractivity contribution in [3.8, 4) is 5.75 Å². The summed E-state index contributed by atoms with van der Waals surface area (Å²) in [4.78, 5) is 14.1. The van der Waals surface area contributed by atoms with Gasteiger partial charge >= 0.3 is 0 Å². The minimum absolute atomic E-state index is 0.0994. The van der Waals surface area contributed by atoms with Gasteiger partial charge in [0.2, 0.25) is 0 Å². The highest BCUT2D eigenvalue weighted by Gasteiger charge is 2.24. The highest BCUT2D eigenvalue weighted by atomic mass is 16.5. The molecule has 2 rings (SSSR count). The molecule has 0 saturated carbocycles. The van der Waals surface area contributed by atoms with Crippen molar-refractivity contribution in [1.82, 2.24) is 4.90 Å². The van der Waals surface area contributed by atoms with Crippen molar-refractivity contribution >= 4 is 5.91 Å². The number of hydrogen-bond donors (Lipinski definition) is 0. The summed E-state index contributed by atoms with van der Waals surface area (Å²) < 4.78 is 5.76. The van der Waals surface area contributed by atoms with Crippen LogP contribution in [-0.4, -0.2) is 30.0 Å². The molecule has 1 atom stereocenters. The molecule has 1 fully saturated rings. The number of carbonyl (C=O) groups excluding carboxylic acids is 1. The first kappa shape index (κ1) is 14.9. The van der Waals surface area contributed by atoms with Gasteiger partial charge in [-0.1, -0.05) is 32.9 Å². The Balaban J connectivity index is 1.97. The Kier molecular flexibility index (Phi) is 4.36. The summed E-state index contributed by atoms with van der Waals surface area (Å²) >= 11 is 0. The second-order valence-electron chi connectivity index (χ2n) is 6.57. The fraction of sp³-hybridized carbons (Fsp3) is 0.588. The van der Waals surface area contributed by atoms with Crippen molar-refractivity contribution in [1.29, 1.82) is 0 Å². The fourth-order valence-corrected chi connectivity index (χ4v) is 2.48. The molecule has 0 N–H and O–H groups in total. The maximum absolute atomic E-state index is 12.2. The summed E-state index contributed by atoms with van der Waals surface area (Å²) in [6.45, 7) is 10.1. The van der Waals surface area contributed by atoms with Crippen LogP contribution in [0.2, 0.25) is 0 Å². The summed E-state index contributed by atoms with van der Waals surface area (Å²) in [7, 11) is 0. The normalized spacial score (nSPS) is 17.1. The number of carbonyl (C=O) groups is 1. The quantitative estimate of drug-likeness (QED) is 0.846. The molecule has 3 nitrogen and oxygen atoms in total. The lowest BCUT2D eigenvalue weighted by Crippen LogP contribution is -2.38. The highest BCUT2D eigenvalue weighted by Crippen LogP contribution is 2.25. The Morgan fingerprint density at radius 2 is 1.70 bits per heavy atom. The van der Waals surface area contributed by atoms with E-state index >= 15 is 0 Å². The van der Waals surface area contributed by atoms with Crippen LogP contribution in [0.4, 0.5) is 0 Å². The van der Waals surface area contributed by atoms with Crippen molar-refractivity contribution < 1.29 is 9.53 Å². The van der Waals surface area contributed by atoms with Crippen LogP contribution in [0.25, 0.3) is 0 Å². The van der Waals surface area contributed by atoms with E-state index < -0.39 is 6.10 Å². The molecule has 1 unspecified atom stereocenters. The Morgan fingerprint density at radius 1 is 1.15 bits per heavy atom. The smallest absolute Gasteiger partial charge is 0.263 e. The maximum atomic E-state index is 12.2. The topological polar surface area (TPSA) is 29.5 Å². The zero-order valence-electron chi connectivity index (χ0n) is 13.0. The standard InChI is InChI=1S/C17H25NO2/c1-13(16(19)18-11-5-6-12-18)20-15-9-7-14(8-10-15)17(2,3)4/h7-10,13H,5-6,11-12H2,1-4H3. The third kappa shape index (κ3) is 3.53. The Morgan fingerprint density at radius 3 is 2.20 bits per heavy atom. The first-order chi connectivity index (χ1) is 9.38. The molecule has 1 aromatic rings. The van der Waals surface area contributed by atoms with Gasteiger partial charge in [-0.05, 0) is 42.9 Å². The third-order valence-electron chi connectivity index (χ3n) is 3.80. The van der Waals surface area contributed by atoms with Crippen molar-refractivity contribution in [2.75, 3.05) is 13.1 Å².